The van der Waals surface area contributed by atoms with Crippen molar-refractivity contribution in [1.29, 1.82) is 0 Å². The fourth-order valence-electron chi connectivity index (χ4n) is 2.22. The smallest absolute Gasteiger partial charge is 0.224 e. The van der Waals surface area contributed by atoms with Crippen LogP contribution >= 0.6 is 0 Å². The highest BCUT2D eigenvalue weighted by Crippen LogP contribution is 2.24. The fraction of sp³-hybridized carbons (Fsp3) is 0.611. The maximum absolute atomic E-state index is 12.0. The van der Waals surface area contributed by atoms with Gasteiger partial charge < -0.3 is 10.2 Å². The largest absolute Gasteiger partial charge is 0.356 e. The zero-order chi connectivity index (χ0) is 16.0. The molecule has 118 valence electrons. The lowest BCUT2D eigenvalue weighted by atomic mass is 9.85. The minimum Gasteiger partial charge on any atom is -0.356 e. The van der Waals surface area contributed by atoms with Gasteiger partial charge in [-0.2, -0.15) is 0 Å². The van der Waals surface area contributed by atoms with Gasteiger partial charge in [-0.25, -0.2) is 0 Å². The van der Waals surface area contributed by atoms with Crippen molar-refractivity contribution >= 4 is 5.91 Å². The van der Waals surface area contributed by atoms with Gasteiger partial charge in [0.15, 0.2) is 0 Å². The summed E-state index contributed by atoms with van der Waals surface area (Å²) in [7, 11) is 4.09. The zero-order valence-electron chi connectivity index (χ0n) is 14.4. The third-order valence-corrected chi connectivity index (χ3v) is 3.66. The summed E-state index contributed by atoms with van der Waals surface area (Å²) in [5, 5.41) is 2.99. The van der Waals surface area contributed by atoms with Gasteiger partial charge in [-0.1, -0.05) is 39.0 Å². The van der Waals surface area contributed by atoms with Crippen LogP contribution < -0.4 is 5.32 Å². The van der Waals surface area contributed by atoms with E-state index < -0.39 is 0 Å². The van der Waals surface area contributed by atoms with Crippen LogP contribution in [0.5, 0.6) is 0 Å². The fourth-order valence-corrected chi connectivity index (χ4v) is 2.22. The van der Waals surface area contributed by atoms with Gasteiger partial charge in [0.05, 0.1) is 6.42 Å². The van der Waals surface area contributed by atoms with Crippen LogP contribution in [0.3, 0.4) is 0 Å². The molecule has 1 N–H and O–H groups in total. The molecule has 3 nitrogen and oxygen atoms in total. The van der Waals surface area contributed by atoms with Crippen LogP contribution in [-0.4, -0.2) is 38.0 Å². The van der Waals surface area contributed by atoms with Crippen molar-refractivity contribution in [3.8, 4) is 0 Å². The predicted molar refractivity (Wildman–Crippen MR) is 89.8 cm³/mol. The molecule has 0 radical (unpaired) electrons. The molecule has 21 heavy (non-hydrogen) atoms. The maximum atomic E-state index is 12.0. The molecule has 1 amide bonds. The van der Waals surface area contributed by atoms with E-state index >= 15 is 0 Å². The maximum Gasteiger partial charge on any atom is 0.224 e. The molecule has 0 aliphatic rings. The van der Waals surface area contributed by atoms with Crippen LogP contribution in [0.1, 0.15) is 43.9 Å². The van der Waals surface area contributed by atoms with Crippen molar-refractivity contribution < 1.29 is 4.79 Å². The molecule has 3 heteroatoms. The molecule has 0 heterocycles. The van der Waals surface area contributed by atoms with Crippen molar-refractivity contribution in [3.05, 3.63) is 34.9 Å². The number of hydrogen-bond donors (Lipinski definition) is 1. The Morgan fingerprint density at radius 2 is 1.90 bits per heavy atom. The number of carbonyl (C=O) groups excluding carboxylic acids is 1. The minimum atomic E-state index is 0.111. The normalized spacial score (nSPS) is 11.8. The Morgan fingerprint density at radius 3 is 2.43 bits per heavy atom. The average molecular weight is 290 g/mol. The van der Waals surface area contributed by atoms with Crippen LogP contribution in [0.2, 0.25) is 0 Å². The SMILES string of the molecule is Cc1cc(C(C)(C)C)ccc1CC(=O)NCCCN(C)C. The Morgan fingerprint density at radius 1 is 1.24 bits per heavy atom. The van der Waals surface area contributed by atoms with Crippen molar-refractivity contribution in [2.75, 3.05) is 27.2 Å². The summed E-state index contributed by atoms with van der Waals surface area (Å²) in [5.41, 5.74) is 3.78. The zero-order valence-corrected chi connectivity index (χ0v) is 14.4. The van der Waals surface area contributed by atoms with Gasteiger partial charge in [0.1, 0.15) is 0 Å². The first-order valence-corrected chi connectivity index (χ1v) is 7.71. The van der Waals surface area contributed by atoms with Crippen LogP contribution in [0.25, 0.3) is 0 Å². The lowest BCUT2D eigenvalue weighted by Crippen LogP contribution is -2.28. The molecule has 1 rings (SSSR count). The van der Waals surface area contributed by atoms with Crippen molar-refractivity contribution in [1.82, 2.24) is 10.2 Å². The van der Waals surface area contributed by atoms with Gasteiger partial charge in [-0.15, -0.1) is 0 Å². The third-order valence-electron chi connectivity index (χ3n) is 3.66. The molecule has 0 bridgehead atoms. The summed E-state index contributed by atoms with van der Waals surface area (Å²) < 4.78 is 0. The lowest BCUT2D eigenvalue weighted by molar-refractivity contribution is -0.120. The molecule has 0 aromatic heterocycles. The average Bonchev–Trinajstić information content (AvgIpc) is 2.35. The second-order valence-electron chi connectivity index (χ2n) is 7.07. The summed E-state index contributed by atoms with van der Waals surface area (Å²) in [6.07, 6.45) is 1.46. The highest BCUT2D eigenvalue weighted by molar-refractivity contribution is 5.78. The molecule has 0 saturated carbocycles. The molecule has 0 fully saturated rings. The van der Waals surface area contributed by atoms with Crippen LogP contribution in [0, 0.1) is 6.92 Å². The molecular formula is C18H30N2O. The van der Waals surface area contributed by atoms with Crippen molar-refractivity contribution in [2.24, 2.45) is 0 Å². The molecule has 0 aliphatic carbocycles. The second kappa shape index (κ2) is 7.60. The van der Waals surface area contributed by atoms with Crippen molar-refractivity contribution in [2.45, 2.75) is 46.0 Å². The van der Waals surface area contributed by atoms with Gasteiger partial charge >= 0.3 is 0 Å². The number of aryl methyl sites for hydroxylation is 1. The highest BCUT2D eigenvalue weighted by atomic mass is 16.1. The van der Waals surface area contributed by atoms with E-state index in [1.54, 1.807) is 0 Å². The number of rotatable bonds is 6. The van der Waals surface area contributed by atoms with Crippen LogP contribution in [0.15, 0.2) is 18.2 Å². The van der Waals surface area contributed by atoms with Gasteiger partial charge in [0.2, 0.25) is 5.91 Å². The molecule has 0 atom stereocenters. The Balaban J connectivity index is 2.53. The highest BCUT2D eigenvalue weighted by Gasteiger charge is 2.15. The van der Waals surface area contributed by atoms with E-state index in [2.05, 4.69) is 56.1 Å². The molecule has 0 spiro atoms. The number of hydrogen-bond acceptors (Lipinski definition) is 2. The first kappa shape index (κ1) is 17.7. The summed E-state index contributed by atoms with van der Waals surface area (Å²) in [4.78, 5) is 14.1. The monoisotopic (exact) mass is 290 g/mol. The lowest BCUT2D eigenvalue weighted by Gasteiger charge is -2.20. The Kier molecular flexibility index (Phi) is 6.41. The van der Waals surface area contributed by atoms with E-state index in [1.807, 2.05) is 14.1 Å². The molecule has 0 saturated heterocycles. The van der Waals surface area contributed by atoms with Crippen LogP contribution in [0.4, 0.5) is 0 Å². The number of amides is 1. The Bertz CT molecular complexity index is 473. The van der Waals surface area contributed by atoms with E-state index in [0.717, 1.165) is 25.1 Å². The van der Waals surface area contributed by atoms with Gasteiger partial charge in [0, 0.05) is 6.54 Å². The Hall–Kier alpha value is -1.35. The van der Waals surface area contributed by atoms with Gasteiger partial charge in [0.25, 0.3) is 0 Å². The number of nitrogens with one attached hydrogen (secondary N) is 1. The molecule has 1 aromatic carbocycles. The quantitative estimate of drug-likeness (QED) is 0.817. The summed E-state index contributed by atoms with van der Waals surface area (Å²) in [5.74, 6) is 0.111. The summed E-state index contributed by atoms with van der Waals surface area (Å²) >= 11 is 0. The summed E-state index contributed by atoms with van der Waals surface area (Å²) in [6.45, 7) is 10.5. The van der Waals surface area contributed by atoms with Gasteiger partial charge in [-0.05, 0) is 56.1 Å². The first-order valence-electron chi connectivity index (χ1n) is 7.71. The van der Waals surface area contributed by atoms with Crippen LogP contribution in [-0.2, 0) is 16.6 Å². The minimum absolute atomic E-state index is 0.111. The van der Waals surface area contributed by atoms with Crippen molar-refractivity contribution in [3.63, 3.8) is 0 Å². The second-order valence-corrected chi connectivity index (χ2v) is 7.07. The van der Waals surface area contributed by atoms with E-state index in [-0.39, 0.29) is 11.3 Å². The van der Waals surface area contributed by atoms with E-state index in [4.69, 9.17) is 0 Å². The third kappa shape index (κ3) is 6.30. The number of carbonyl (C=O) groups is 1. The van der Waals surface area contributed by atoms with Gasteiger partial charge in [-0.3, -0.25) is 4.79 Å². The van der Waals surface area contributed by atoms with E-state index in [0.29, 0.717) is 6.42 Å². The molecule has 0 aliphatic heterocycles. The molecule has 0 unspecified atom stereocenters. The topological polar surface area (TPSA) is 32.3 Å². The number of benzene rings is 1. The summed E-state index contributed by atoms with van der Waals surface area (Å²) in [6, 6.07) is 6.44. The standard InChI is InChI=1S/C18H30N2O/c1-14-12-16(18(2,3)4)9-8-15(14)13-17(21)19-10-7-11-20(5)6/h8-9,12H,7,10-11,13H2,1-6H3,(H,19,21). The Labute approximate surface area is 129 Å². The molecule has 1 aromatic rings. The molecular weight excluding hydrogens is 260 g/mol. The van der Waals surface area contributed by atoms with E-state index in [1.165, 1.54) is 11.1 Å². The first-order chi connectivity index (χ1) is 9.70. The number of nitrogens with zero attached hydrogens (tertiary/aromatic N) is 1. The van der Waals surface area contributed by atoms with E-state index in [9.17, 15) is 4.79 Å². The predicted octanol–water partition coefficient (Wildman–Crippen LogP) is 2.90.